The van der Waals surface area contributed by atoms with Crippen LogP contribution in [0.2, 0.25) is 0 Å². The third-order valence-corrected chi connectivity index (χ3v) is 3.96. The summed E-state index contributed by atoms with van der Waals surface area (Å²) in [7, 11) is 0. The van der Waals surface area contributed by atoms with E-state index in [1.807, 2.05) is 18.2 Å². The number of nitrogens with two attached hydrogens (primary N) is 1. The van der Waals surface area contributed by atoms with Crippen molar-refractivity contribution in [3.63, 3.8) is 0 Å². The molecule has 2 rings (SSSR count). The lowest BCUT2D eigenvalue weighted by atomic mass is 10.1. The Kier molecular flexibility index (Phi) is 2.61. The van der Waals surface area contributed by atoms with Gasteiger partial charge in [0.2, 0.25) is 0 Å². The summed E-state index contributed by atoms with van der Waals surface area (Å²) >= 11 is 5.14. The third-order valence-electron chi connectivity index (χ3n) is 2.14. The van der Waals surface area contributed by atoms with Gasteiger partial charge in [0.05, 0.1) is 9.47 Å². The molecule has 72 valence electrons. The summed E-state index contributed by atoms with van der Waals surface area (Å²) in [4.78, 5) is 1.25. The predicted molar refractivity (Wildman–Crippen MR) is 66.6 cm³/mol. The van der Waals surface area contributed by atoms with Crippen LogP contribution in [0.5, 0.6) is 0 Å². The minimum Gasteiger partial charge on any atom is -0.397 e. The smallest absolute Gasteiger partial charge is 0.0936 e. The maximum absolute atomic E-state index is 6.00. The summed E-state index contributed by atoms with van der Waals surface area (Å²) in [5.74, 6) is 0. The van der Waals surface area contributed by atoms with Crippen molar-refractivity contribution in [2.75, 3.05) is 5.73 Å². The summed E-state index contributed by atoms with van der Waals surface area (Å²) in [6.45, 7) is 2.09. The second-order valence-electron chi connectivity index (χ2n) is 3.09. The molecule has 0 amide bonds. The Hall–Kier alpha value is -0.800. The largest absolute Gasteiger partial charge is 0.397 e. The molecule has 0 bridgehead atoms. The van der Waals surface area contributed by atoms with Gasteiger partial charge in [-0.05, 0) is 28.4 Å². The lowest BCUT2D eigenvalue weighted by molar-refractivity contribution is 1.58. The third kappa shape index (κ3) is 1.57. The zero-order valence-electron chi connectivity index (χ0n) is 7.75. The van der Waals surface area contributed by atoms with E-state index in [4.69, 9.17) is 5.73 Å². The molecule has 0 fully saturated rings. The first-order chi connectivity index (χ1) is 6.70. The number of hydrogen-bond acceptors (Lipinski definition) is 2. The molecule has 2 aromatic rings. The Morgan fingerprint density at radius 1 is 1.21 bits per heavy atom. The molecule has 1 heterocycles. The molecule has 0 aliphatic rings. The van der Waals surface area contributed by atoms with Gasteiger partial charge < -0.3 is 5.73 Å². The molecule has 0 aliphatic carbocycles. The summed E-state index contributed by atoms with van der Waals surface area (Å²) < 4.78 is 1.02. The van der Waals surface area contributed by atoms with Crippen molar-refractivity contribution in [1.29, 1.82) is 0 Å². The molecule has 2 N–H and O–H groups in total. The number of halogens is 1. The van der Waals surface area contributed by atoms with Crippen LogP contribution in [0.3, 0.4) is 0 Å². The first kappa shape index (κ1) is 9.74. The first-order valence-electron chi connectivity index (χ1n) is 4.30. The van der Waals surface area contributed by atoms with Crippen molar-refractivity contribution in [3.05, 3.63) is 39.0 Å². The molecule has 0 aliphatic heterocycles. The van der Waals surface area contributed by atoms with E-state index in [1.165, 1.54) is 10.4 Å². The maximum atomic E-state index is 6.00. The zero-order valence-corrected chi connectivity index (χ0v) is 10.2. The van der Waals surface area contributed by atoms with Gasteiger partial charge in [-0.3, -0.25) is 0 Å². The van der Waals surface area contributed by atoms with E-state index >= 15 is 0 Å². The van der Waals surface area contributed by atoms with Crippen LogP contribution in [0.15, 0.2) is 34.1 Å². The van der Waals surface area contributed by atoms with Crippen molar-refractivity contribution in [2.24, 2.45) is 0 Å². The van der Waals surface area contributed by atoms with Crippen LogP contribution in [-0.2, 0) is 0 Å². The van der Waals surface area contributed by atoms with Gasteiger partial charge in [-0.15, -0.1) is 11.3 Å². The van der Waals surface area contributed by atoms with Gasteiger partial charge in [0.1, 0.15) is 0 Å². The monoisotopic (exact) mass is 267 g/mol. The first-order valence-corrected chi connectivity index (χ1v) is 5.91. The maximum Gasteiger partial charge on any atom is 0.0936 e. The average molecular weight is 268 g/mol. The highest BCUT2D eigenvalue weighted by Crippen LogP contribution is 2.41. The normalized spacial score (nSPS) is 10.4. The fourth-order valence-electron chi connectivity index (χ4n) is 1.49. The number of rotatable bonds is 1. The van der Waals surface area contributed by atoms with Crippen LogP contribution >= 0.6 is 27.3 Å². The second kappa shape index (κ2) is 3.75. The average Bonchev–Trinajstić information content (AvgIpc) is 2.43. The number of benzene rings is 1. The quantitative estimate of drug-likeness (QED) is 0.829. The SMILES string of the molecule is Cc1sc(Br)c(N)c1-c1ccccc1. The molecule has 0 spiro atoms. The van der Waals surface area contributed by atoms with Crippen LogP contribution < -0.4 is 5.73 Å². The van der Waals surface area contributed by atoms with E-state index < -0.39 is 0 Å². The molecule has 14 heavy (non-hydrogen) atoms. The second-order valence-corrected chi connectivity index (χ2v) is 5.63. The van der Waals surface area contributed by atoms with Gasteiger partial charge in [-0.2, -0.15) is 0 Å². The lowest BCUT2D eigenvalue weighted by Gasteiger charge is -2.01. The molecule has 0 radical (unpaired) electrons. The summed E-state index contributed by atoms with van der Waals surface area (Å²) in [6.07, 6.45) is 0. The minimum absolute atomic E-state index is 0.846. The number of hydrogen-bond donors (Lipinski definition) is 1. The van der Waals surface area contributed by atoms with Crippen molar-refractivity contribution >= 4 is 33.0 Å². The van der Waals surface area contributed by atoms with Gasteiger partial charge in [0, 0.05) is 10.4 Å². The van der Waals surface area contributed by atoms with E-state index in [-0.39, 0.29) is 0 Å². The van der Waals surface area contributed by atoms with Gasteiger partial charge in [-0.1, -0.05) is 30.3 Å². The van der Waals surface area contributed by atoms with Crippen molar-refractivity contribution < 1.29 is 0 Å². The highest BCUT2D eigenvalue weighted by molar-refractivity contribution is 9.11. The van der Waals surface area contributed by atoms with Gasteiger partial charge in [0.25, 0.3) is 0 Å². The van der Waals surface area contributed by atoms with E-state index in [0.717, 1.165) is 15.0 Å². The van der Waals surface area contributed by atoms with Crippen molar-refractivity contribution in [2.45, 2.75) is 6.92 Å². The molecule has 0 unspecified atom stereocenters. The number of anilines is 1. The molecule has 1 aromatic carbocycles. The molecule has 1 nitrogen and oxygen atoms in total. The number of nitrogen functional groups attached to an aromatic ring is 1. The molecule has 0 saturated carbocycles. The van der Waals surface area contributed by atoms with E-state index in [2.05, 4.69) is 35.0 Å². The molecule has 1 aromatic heterocycles. The van der Waals surface area contributed by atoms with Crippen LogP contribution in [0.4, 0.5) is 5.69 Å². The standard InChI is InChI=1S/C11H10BrNS/c1-7-9(10(13)11(12)14-7)8-5-3-2-4-6-8/h2-6H,13H2,1H3. The van der Waals surface area contributed by atoms with Crippen molar-refractivity contribution in [1.82, 2.24) is 0 Å². The Morgan fingerprint density at radius 3 is 2.36 bits per heavy atom. The van der Waals surface area contributed by atoms with Crippen LogP contribution in [0, 0.1) is 6.92 Å². The Balaban J connectivity index is 2.62. The summed E-state index contributed by atoms with van der Waals surface area (Å²) in [5.41, 5.74) is 9.18. The zero-order chi connectivity index (χ0) is 10.1. The highest BCUT2D eigenvalue weighted by atomic mass is 79.9. The Labute approximate surface area is 95.7 Å². The summed E-state index contributed by atoms with van der Waals surface area (Å²) in [5, 5.41) is 0. The molecule has 0 saturated heterocycles. The number of thiophene rings is 1. The lowest BCUT2D eigenvalue weighted by Crippen LogP contribution is -1.86. The highest BCUT2D eigenvalue weighted by Gasteiger charge is 2.12. The van der Waals surface area contributed by atoms with E-state index in [0.29, 0.717) is 0 Å². The molecular weight excluding hydrogens is 258 g/mol. The molecule has 0 atom stereocenters. The van der Waals surface area contributed by atoms with Gasteiger partial charge in [0.15, 0.2) is 0 Å². The molecular formula is C11H10BrNS. The topological polar surface area (TPSA) is 26.0 Å². The minimum atomic E-state index is 0.846. The Bertz CT molecular complexity index is 448. The van der Waals surface area contributed by atoms with Gasteiger partial charge in [-0.25, -0.2) is 0 Å². The van der Waals surface area contributed by atoms with Crippen molar-refractivity contribution in [3.8, 4) is 11.1 Å². The fourth-order valence-corrected chi connectivity index (χ4v) is 3.23. The Morgan fingerprint density at radius 2 is 1.86 bits per heavy atom. The molecule has 3 heteroatoms. The van der Waals surface area contributed by atoms with Crippen LogP contribution in [-0.4, -0.2) is 0 Å². The van der Waals surface area contributed by atoms with Gasteiger partial charge >= 0.3 is 0 Å². The van der Waals surface area contributed by atoms with Crippen LogP contribution in [0.1, 0.15) is 4.88 Å². The fraction of sp³-hybridized carbons (Fsp3) is 0.0909. The van der Waals surface area contributed by atoms with Crippen LogP contribution in [0.25, 0.3) is 11.1 Å². The predicted octanol–water partition coefficient (Wildman–Crippen LogP) is 4.07. The van der Waals surface area contributed by atoms with E-state index in [9.17, 15) is 0 Å². The van der Waals surface area contributed by atoms with E-state index in [1.54, 1.807) is 11.3 Å². The summed E-state index contributed by atoms with van der Waals surface area (Å²) in [6, 6.07) is 10.2. The number of aryl methyl sites for hydroxylation is 1.